The normalized spacial score (nSPS) is 28.3. The van der Waals surface area contributed by atoms with Crippen molar-refractivity contribution in [1.82, 2.24) is 4.90 Å². The van der Waals surface area contributed by atoms with Gasteiger partial charge in [0.25, 0.3) is 0 Å². The Hall–Kier alpha value is -0.570. The molecule has 2 rings (SSSR count). The third-order valence-electron chi connectivity index (χ3n) is 5.03. The van der Waals surface area contributed by atoms with Crippen LogP contribution in [-0.4, -0.2) is 35.6 Å². The van der Waals surface area contributed by atoms with Gasteiger partial charge in [0, 0.05) is 13.1 Å². The summed E-state index contributed by atoms with van der Waals surface area (Å²) in [6.07, 6.45) is 8.74. The van der Waals surface area contributed by atoms with E-state index in [0.717, 1.165) is 31.1 Å². The summed E-state index contributed by atoms with van der Waals surface area (Å²) in [5.41, 5.74) is -0.557. The molecule has 1 N–H and O–H groups in total. The van der Waals surface area contributed by atoms with E-state index in [9.17, 15) is 4.79 Å². The van der Waals surface area contributed by atoms with Gasteiger partial charge in [0.1, 0.15) is 0 Å². The molecule has 3 nitrogen and oxygen atoms in total. The number of hydrogen-bond donors (Lipinski definition) is 1. The van der Waals surface area contributed by atoms with Crippen molar-refractivity contribution in [1.29, 1.82) is 0 Å². The minimum Gasteiger partial charge on any atom is -0.481 e. The number of carboxylic acid groups (broad SMARTS) is 1. The van der Waals surface area contributed by atoms with Crippen LogP contribution >= 0.6 is 0 Å². The number of piperidine rings is 1. The first-order valence-corrected chi connectivity index (χ1v) is 7.93. The number of carbonyl (C=O) groups is 1. The molecule has 2 bridgehead atoms. The minimum absolute atomic E-state index is 0.557. The highest BCUT2D eigenvalue weighted by molar-refractivity contribution is 5.73. The number of hydrogen-bond acceptors (Lipinski definition) is 2. The third kappa shape index (κ3) is 4.20. The van der Waals surface area contributed by atoms with Gasteiger partial charge in [-0.2, -0.15) is 0 Å². The smallest absolute Gasteiger partial charge is 0.309 e. The second kappa shape index (κ2) is 6.25. The molecule has 0 amide bonds. The zero-order chi connectivity index (χ0) is 13.9. The number of rotatable bonds is 6. The first-order chi connectivity index (χ1) is 8.97. The molecule has 0 spiro atoms. The highest BCUT2D eigenvalue weighted by Gasteiger charge is 2.30. The van der Waals surface area contributed by atoms with E-state index in [4.69, 9.17) is 5.11 Å². The van der Waals surface area contributed by atoms with E-state index < -0.39 is 11.4 Å². The van der Waals surface area contributed by atoms with Gasteiger partial charge in [0.05, 0.1) is 5.41 Å². The minimum atomic E-state index is -0.667. The second-order valence-corrected chi connectivity index (χ2v) is 7.30. The first-order valence-electron chi connectivity index (χ1n) is 7.93. The quantitative estimate of drug-likeness (QED) is 0.750. The van der Waals surface area contributed by atoms with Crippen LogP contribution in [0, 0.1) is 17.3 Å². The molecule has 0 aromatic heterocycles. The average molecular weight is 267 g/mol. The third-order valence-corrected chi connectivity index (χ3v) is 5.03. The van der Waals surface area contributed by atoms with E-state index in [1.807, 2.05) is 13.8 Å². The number of carboxylic acids is 1. The van der Waals surface area contributed by atoms with E-state index in [-0.39, 0.29) is 0 Å². The molecule has 1 saturated heterocycles. The van der Waals surface area contributed by atoms with Crippen molar-refractivity contribution in [3.63, 3.8) is 0 Å². The summed E-state index contributed by atoms with van der Waals surface area (Å²) in [5, 5.41) is 9.09. The zero-order valence-corrected chi connectivity index (χ0v) is 12.5. The highest BCUT2D eigenvalue weighted by Crippen LogP contribution is 2.34. The van der Waals surface area contributed by atoms with Crippen molar-refractivity contribution in [2.45, 2.75) is 58.8 Å². The lowest BCUT2D eigenvalue weighted by Crippen LogP contribution is -2.43. The number of nitrogens with zero attached hydrogens (tertiary/aromatic N) is 1. The number of unbranched alkanes of at least 4 members (excludes halogenated alkanes) is 1. The van der Waals surface area contributed by atoms with E-state index in [1.165, 1.54) is 45.3 Å². The van der Waals surface area contributed by atoms with Crippen molar-refractivity contribution < 1.29 is 9.90 Å². The van der Waals surface area contributed by atoms with Gasteiger partial charge in [-0.1, -0.05) is 12.8 Å². The van der Waals surface area contributed by atoms with Gasteiger partial charge < -0.3 is 10.0 Å². The summed E-state index contributed by atoms with van der Waals surface area (Å²) in [6.45, 7) is 7.42. The van der Waals surface area contributed by atoms with Crippen molar-refractivity contribution in [2.24, 2.45) is 17.3 Å². The number of likely N-dealkylation sites (tertiary alicyclic amines) is 1. The van der Waals surface area contributed by atoms with E-state index in [0.29, 0.717) is 0 Å². The van der Waals surface area contributed by atoms with Crippen LogP contribution in [-0.2, 0) is 4.79 Å². The largest absolute Gasteiger partial charge is 0.481 e. The van der Waals surface area contributed by atoms with Crippen LogP contribution in [0.15, 0.2) is 0 Å². The Morgan fingerprint density at radius 3 is 2.42 bits per heavy atom. The molecular formula is C16H29NO2. The lowest BCUT2D eigenvalue weighted by Gasteiger charge is -2.41. The molecule has 1 aliphatic heterocycles. The van der Waals surface area contributed by atoms with Crippen LogP contribution in [0.4, 0.5) is 0 Å². The molecule has 2 fully saturated rings. The molecule has 110 valence electrons. The number of fused-ring (bicyclic) bond motifs is 2. The van der Waals surface area contributed by atoms with Crippen LogP contribution in [0.5, 0.6) is 0 Å². The standard InChI is InChI=1S/C16H29NO2/c1-16(2,15(18)19)8-3-4-9-17-11-13-6-5-7-14(10-13)12-17/h13-14H,3-12H2,1-2H3,(H,18,19). The van der Waals surface area contributed by atoms with Gasteiger partial charge >= 0.3 is 5.97 Å². The maximum Gasteiger partial charge on any atom is 0.309 e. The molecule has 0 radical (unpaired) electrons. The molecule has 3 heteroatoms. The monoisotopic (exact) mass is 267 g/mol. The maximum atomic E-state index is 11.0. The molecular weight excluding hydrogens is 238 g/mol. The first kappa shape index (κ1) is 14.8. The Bertz CT molecular complexity index is 302. The molecule has 1 heterocycles. The molecule has 0 aromatic carbocycles. The van der Waals surface area contributed by atoms with Crippen molar-refractivity contribution >= 4 is 5.97 Å². The lowest BCUT2D eigenvalue weighted by molar-refractivity contribution is -0.147. The molecule has 1 saturated carbocycles. The summed E-state index contributed by atoms with van der Waals surface area (Å²) in [5.74, 6) is 1.23. The Kier molecular flexibility index (Phi) is 4.88. The lowest BCUT2D eigenvalue weighted by atomic mass is 9.78. The summed E-state index contributed by atoms with van der Waals surface area (Å²) in [7, 11) is 0. The van der Waals surface area contributed by atoms with Gasteiger partial charge in [0.2, 0.25) is 0 Å². The number of aliphatic carboxylic acids is 1. The van der Waals surface area contributed by atoms with Crippen LogP contribution in [0.25, 0.3) is 0 Å². The SMILES string of the molecule is CC(C)(CCCCN1CC2CCCC(C2)C1)C(=O)O. The molecule has 2 aliphatic rings. The van der Waals surface area contributed by atoms with Crippen LogP contribution in [0.2, 0.25) is 0 Å². The fourth-order valence-corrected chi connectivity index (χ4v) is 3.73. The van der Waals surface area contributed by atoms with E-state index >= 15 is 0 Å². The highest BCUT2D eigenvalue weighted by atomic mass is 16.4. The predicted octanol–water partition coefficient (Wildman–Crippen LogP) is 3.39. The predicted molar refractivity (Wildman–Crippen MR) is 77.2 cm³/mol. The fraction of sp³-hybridized carbons (Fsp3) is 0.938. The van der Waals surface area contributed by atoms with Gasteiger partial charge in [-0.15, -0.1) is 0 Å². The van der Waals surface area contributed by atoms with Gasteiger partial charge in [0.15, 0.2) is 0 Å². The summed E-state index contributed by atoms with van der Waals surface area (Å²) >= 11 is 0. The maximum absolute atomic E-state index is 11.0. The fourth-order valence-electron chi connectivity index (χ4n) is 3.73. The Morgan fingerprint density at radius 2 is 1.84 bits per heavy atom. The Morgan fingerprint density at radius 1 is 1.21 bits per heavy atom. The van der Waals surface area contributed by atoms with E-state index in [1.54, 1.807) is 0 Å². The summed E-state index contributed by atoms with van der Waals surface area (Å²) in [4.78, 5) is 13.7. The summed E-state index contributed by atoms with van der Waals surface area (Å²) < 4.78 is 0. The van der Waals surface area contributed by atoms with Crippen molar-refractivity contribution in [3.05, 3.63) is 0 Å². The van der Waals surface area contributed by atoms with Crippen molar-refractivity contribution in [2.75, 3.05) is 19.6 Å². The van der Waals surface area contributed by atoms with Gasteiger partial charge in [-0.05, 0) is 64.3 Å². The van der Waals surface area contributed by atoms with Crippen LogP contribution in [0.3, 0.4) is 0 Å². The second-order valence-electron chi connectivity index (χ2n) is 7.30. The van der Waals surface area contributed by atoms with E-state index in [2.05, 4.69) is 4.90 Å². The molecule has 2 atom stereocenters. The molecule has 19 heavy (non-hydrogen) atoms. The molecule has 2 unspecified atom stereocenters. The Balaban J connectivity index is 1.65. The molecule has 0 aromatic rings. The summed E-state index contributed by atoms with van der Waals surface area (Å²) in [6, 6.07) is 0. The molecule has 1 aliphatic carbocycles. The van der Waals surface area contributed by atoms with Gasteiger partial charge in [-0.3, -0.25) is 4.79 Å². The van der Waals surface area contributed by atoms with Crippen molar-refractivity contribution in [3.8, 4) is 0 Å². The Labute approximate surface area is 117 Å². The van der Waals surface area contributed by atoms with Crippen LogP contribution in [0.1, 0.15) is 58.8 Å². The average Bonchev–Trinajstić information content (AvgIpc) is 2.34. The van der Waals surface area contributed by atoms with Crippen LogP contribution < -0.4 is 0 Å². The topological polar surface area (TPSA) is 40.5 Å². The zero-order valence-electron chi connectivity index (χ0n) is 12.5. The van der Waals surface area contributed by atoms with Gasteiger partial charge in [-0.25, -0.2) is 0 Å².